The molecule has 1 aliphatic carbocycles. The third-order valence-corrected chi connectivity index (χ3v) is 2.94. The van der Waals surface area contributed by atoms with Crippen LogP contribution in [0.15, 0.2) is 23.0 Å². The van der Waals surface area contributed by atoms with Gasteiger partial charge in [0.2, 0.25) is 0 Å². The van der Waals surface area contributed by atoms with Crippen LogP contribution in [0.25, 0.3) is 11.0 Å². The van der Waals surface area contributed by atoms with Gasteiger partial charge in [0.25, 0.3) is 0 Å². The van der Waals surface area contributed by atoms with Crippen LogP contribution in [-0.2, 0) is 6.42 Å². The van der Waals surface area contributed by atoms with Crippen LogP contribution in [0.5, 0.6) is 0 Å². The SMILES string of the molecule is O=c1[nH]c2ccc(CC3(O)CC3)cc2[nH]1. The maximum Gasteiger partial charge on any atom is 0.323 e. The first-order valence-corrected chi connectivity index (χ1v) is 5.08. The van der Waals surface area contributed by atoms with Crippen LogP contribution in [0.2, 0.25) is 0 Å². The van der Waals surface area contributed by atoms with Gasteiger partial charge in [-0.3, -0.25) is 0 Å². The summed E-state index contributed by atoms with van der Waals surface area (Å²) < 4.78 is 0. The summed E-state index contributed by atoms with van der Waals surface area (Å²) in [6, 6.07) is 5.74. The van der Waals surface area contributed by atoms with Gasteiger partial charge >= 0.3 is 5.69 Å². The molecule has 1 saturated carbocycles. The summed E-state index contributed by atoms with van der Waals surface area (Å²) in [4.78, 5) is 16.4. The summed E-state index contributed by atoms with van der Waals surface area (Å²) in [6.45, 7) is 0. The van der Waals surface area contributed by atoms with Gasteiger partial charge in [-0.25, -0.2) is 4.79 Å². The minimum Gasteiger partial charge on any atom is -0.390 e. The van der Waals surface area contributed by atoms with Crippen molar-refractivity contribution in [2.24, 2.45) is 0 Å². The van der Waals surface area contributed by atoms with Gasteiger partial charge in [0.05, 0.1) is 16.6 Å². The Balaban J connectivity index is 2.01. The zero-order valence-corrected chi connectivity index (χ0v) is 8.21. The van der Waals surface area contributed by atoms with Crippen molar-refractivity contribution in [3.8, 4) is 0 Å². The highest BCUT2D eigenvalue weighted by Gasteiger charge is 2.40. The van der Waals surface area contributed by atoms with Gasteiger partial charge in [-0.2, -0.15) is 0 Å². The van der Waals surface area contributed by atoms with E-state index in [9.17, 15) is 9.90 Å². The van der Waals surface area contributed by atoms with Crippen LogP contribution in [0.1, 0.15) is 18.4 Å². The minimum atomic E-state index is -0.482. The van der Waals surface area contributed by atoms with Gasteiger partial charge in [0, 0.05) is 6.42 Å². The highest BCUT2D eigenvalue weighted by atomic mass is 16.3. The van der Waals surface area contributed by atoms with Gasteiger partial charge in [-0.15, -0.1) is 0 Å². The number of aliphatic hydroxyl groups is 1. The summed E-state index contributed by atoms with van der Waals surface area (Å²) in [5, 5.41) is 9.78. The topological polar surface area (TPSA) is 68.9 Å². The Morgan fingerprint density at radius 2 is 2.00 bits per heavy atom. The molecule has 4 heteroatoms. The monoisotopic (exact) mass is 204 g/mol. The van der Waals surface area contributed by atoms with Crippen LogP contribution in [0.4, 0.5) is 0 Å². The van der Waals surface area contributed by atoms with E-state index in [1.54, 1.807) is 0 Å². The third-order valence-electron chi connectivity index (χ3n) is 2.94. The zero-order chi connectivity index (χ0) is 10.5. The molecule has 78 valence electrons. The number of benzene rings is 1. The molecule has 0 radical (unpaired) electrons. The molecule has 4 nitrogen and oxygen atoms in total. The molecule has 1 aromatic heterocycles. The van der Waals surface area contributed by atoms with E-state index < -0.39 is 5.60 Å². The highest BCUT2D eigenvalue weighted by molar-refractivity contribution is 5.75. The number of H-pyrrole nitrogens is 2. The first kappa shape index (κ1) is 8.73. The van der Waals surface area contributed by atoms with Crippen molar-refractivity contribution in [1.29, 1.82) is 0 Å². The maximum atomic E-state index is 11.0. The number of hydrogen-bond acceptors (Lipinski definition) is 2. The summed E-state index contributed by atoms with van der Waals surface area (Å²) in [5.41, 5.74) is 2.02. The second-order valence-corrected chi connectivity index (χ2v) is 4.36. The van der Waals surface area contributed by atoms with E-state index in [0.29, 0.717) is 6.42 Å². The molecule has 0 unspecified atom stereocenters. The molecule has 1 fully saturated rings. The first-order valence-electron chi connectivity index (χ1n) is 5.08. The summed E-state index contributed by atoms with van der Waals surface area (Å²) in [6.07, 6.45) is 2.44. The Kier molecular flexibility index (Phi) is 1.59. The van der Waals surface area contributed by atoms with Crippen molar-refractivity contribution in [3.05, 3.63) is 34.2 Å². The quantitative estimate of drug-likeness (QED) is 0.681. The fourth-order valence-corrected chi connectivity index (χ4v) is 1.89. The third kappa shape index (κ3) is 1.57. The molecule has 0 spiro atoms. The lowest BCUT2D eigenvalue weighted by molar-refractivity contribution is 0.151. The molecule has 0 aliphatic heterocycles. The molecular formula is C11H12N2O2. The van der Waals surface area contributed by atoms with E-state index in [4.69, 9.17) is 0 Å². The van der Waals surface area contributed by atoms with Gasteiger partial charge in [-0.05, 0) is 30.5 Å². The van der Waals surface area contributed by atoms with Crippen LogP contribution in [0, 0.1) is 0 Å². The Bertz CT molecular complexity index is 563. The molecule has 1 aliphatic rings. The molecule has 15 heavy (non-hydrogen) atoms. The minimum absolute atomic E-state index is 0.188. The molecule has 0 amide bonds. The van der Waals surface area contributed by atoms with Gasteiger partial charge in [0.1, 0.15) is 0 Å². The average Bonchev–Trinajstić information content (AvgIpc) is 2.76. The molecule has 0 bridgehead atoms. The van der Waals surface area contributed by atoms with Gasteiger partial charge < -0.3 is 15.1 Å². The van der Waals surface area contributed by atoms with Crippen molar-refractivity contribution in [2.45, 2.75) is 24.9 Å². The van der Waals surface area contributed by atoms with E-state index in [1.165, 1.54) is 0 Å². The normalized spacial score (nSPS) is 18.2. The molecular weight excluding hydrogens is 192 g/mol. The lowest BCUT2D eigenvalue weighted by atomic mass is 10.1. The highest BCUT2D eigenvalue weighted by Crippen LogP contribution is 2.38. The van der Waals surface area contributed by atoms with E-state index >= 15 is 0 Å². The molecule has 3 N–H and O–H groups in total. The number of fused-ring (bicyclic) bond motifs is 1. The first-order chi connectivity index (χ1) is 7.15. The van der Waals surface area contributed by atoms with Crippen molar-refractivity contribution in [2.75, 3.05) is 0 Å². The standard InChI is InChI=1S/C11H12N2O2/c14-10-12-8-2-1-7(5-9(8)13-10)6-11(15)3-4-11/h1-2,5,15H,3-4,6H2,(H2,12,13,14). The number of imidazole rings is 1. The second-order valence-electron chi connectivity index (χ2n) is 4.36. The van der Waals surface area contributed by atoms with Gasteiger partial charge in [0.15, 0.2) is 0 Å². The van der Waals surface area contributed by atoms with E-state index in [2.05, 4.69) is 9.97 Å². The molecule has 3 rings (SSSR count). The maximum absolute atomic E-state index is 11.0. The Morgan fingerprint density at radius 3 is 2.73 bits per heavy atom. The number of nitrogens with one attached hydrogen (secondary N) is 2. The predicted octanol–water partition coefficient (Wildman–Crippen LogP) is 0.924. The van der Waals surface area contributed by atoms with Crippen molar-refractivity contribution >= 4 is 11.0 Å². The smallest absolute Gasteiger partial charge is 0.323 e. The molecule has 1 heterocycles. The lowest BCUT2D eigenvalue weighted by Gasteiger charge is -2.06. The Labute approximate surface area is 86.0 Å². The number of aromatic amines is 2. The van der Waals surface area contributed by atoms with Crippen molar-refractivity contribution in [1.82, 2.24) is 9.97 Å². The fourth-order valence-electron chi connectivity index (χ4n) is 1.89. The van der Waals surface area contributed by atoms with Gasteiger partial charge in [-0.1, -0.05) is 6.07 Å². The Morgan fingerprint density at radius 1 is 1.27 bits per heavy atom. The van der Waals surface area contributed by atoms with Crippen LogP contribution in [-0.4, -0.2) is 20.7 Å². The van der Waals surface area contributed by atoms with E-state index in [-0.39, 0.29) is 5.69 Å². The average molecular weight is 204 g/mol. The van der Waals surface area contributed by atoms with Crippen molar-refractivity contribution in [3.63, 3.8) is 0 Å². The van der Waals surface area contributed by atoms with Crippen LogP contribution in [0.3, 0.4) is 0 Å². The zero-order valence-electron chi connectivity index (χ0n) is 8.21. The molecule has 1 aromatic carbocycles. The molecule has 2 aromatic rings. The van der Waals surface area contributed by atoms with E-state index in [0.717, 1.165) is 29.4 Å². The van der Waals surface area contributed by atoms with Crippen LogP contribution >= 0.6 is 0 Å². The van der Waals surface area contributed by atoms with Crippen LogP contribution < -0.4 is 5.69 Å². The van der Waals surface area contributed by atoms with Crippen molar-refractivity contribution < 1.29 is 5.11 Å². The largest absolute Gasteiger partial charge is 0.390 e. The summed E-state index contributed by atoms with van der Waals surface area (Å²) in [5.74, 6) is 0. The number of hydrogen-bond donors (Lipinski definition) is 3. The lowest BCUT2D eigenvalue weighted by Crippen LogP contribution is -2.10. The Hall–Kier alpha value is -1.55. The number of rotatable bonds is 2. The fraction of sp³-hybridized carbons (Fsp3) is 0.364. The van der Waals surface area contributed by atoms with E-state index in [1.807, 2.05) is 18.2 Å². The predicted molar refractivity (Wildman–Crippen MR) is 56.8 cm³/mol. The molecule has 0 atom stereocenters. The second kappa shape index (κ2) is 2.73. The summed E-state index contributed by atoms with van der Waals surface area (Å²) in [7, 11) is 0. The summed E-state index contributed by atoms with van der Waals surface area (Å²) >= 11 is 0. The number of aromatic nitrogens is 2. The molecule has 0 saturated heterocycles.